The summed E-state index contributed by atoms with van der Waals surface area (Å²) in [5.41, 5.74) is 0. The van der Waals surface area contributed by atoms with Crippen molar-refractivity contribution in [3.05, 3.63) is 24.3 Å². The van der Waals surface area contributed by atoms with E-state index in [1.165, 1.54) is 4.90 Å². The van der Waals surface area contributed by atoms with Crippen LogP contribution in [-0.4, -0.2) is 26.0 Å². The van der Waals surface area contributed by atoms with Gasteiger partial charge in [0.25, 0.3) is 0 Å². The third kappa shape index (κ3) is 4.90. The number of thioether (sulfide) groups is 1. The summed E-state index contributed by atoms with van der Waals surface area (Å²) >= 11 is 1.72. The van der Waals surface area contributed by atoms with E-state index in [1.807, 2.05) is 18.2 Å². The SMILES string of the molecule is CSc1ccccc1OCCNCC(C)C. The Labute approximate surface area is 103 Å². The van der Waals surface area contributed by atoms with Gasteiger partial charge in [-0.1, -0.05) is 26.0 Å². The van der Waals surface area contributed by atoms with Gasteiger partial charge in [-0.2, -0.15) is 0 Å². The van der Waals surface area contributed by atoms with Gasteiger partial charge in [-0.3, -0.25) is 0 Å². The molecule has 0 saturated carbocycles. The van der Waals surface area contributed by atoms with E-state index < -0.39 is 0 Å². The van der Waals surface area contributed by atoms with Crippen LogP contribution in [0.1, 0.15) is 13.8 Å². The van der Waals surface area contributed by atoms with Gasteiger partial charge in [0.15, 0.2) is 0 Å². The van der Waals surface area contributed by atoms with Gasteiger partial charge in [0.05, 0.1) is 0 Å². The maximum Gasteiger partial charge on any atom is 0.132 e. The lowest BCUT2D eigenvalue weighted by atomic mass is 10.2. The molecule has 2 nitrogen and oxygen atoms in total. The van der Waals surface area contributed by atoms with Crippen molar-refractivity contribution >= 4 is 11.8 Å². The number of benzene rings is 1. The highest BCUT2D eigenvalue weighted by Gasteiger charge is 2.00. The molecule has 0 saturated heterocycles. The second-order valence-electron chi connectivity index (χ2n) is 4.10. The molecule has 3 heteroatoms. The van der Waals surface area contributed by atoms with Gasteiger partial charge in [0.1, 0.15) is 12.4 Å². The second-order valence-corrected chi connectivity index (χ2v) is 4.95. The molecule has 0 atom stereocenters. The summed E-state index contributed by atoms with van der Waals surface area (Å²) in [6.45, 7) is 7.09. The molecule has 0 aromatic heterocycles. The molecule has 90 valence electrons. The summed E-state index contributed by atoms with van der Waals surface area (Å²) in [5, 5.41) is 3.36. The molecule has 1 N–H and O–H groups in total. The van der Waals surface area contributed by atoms with E-state index >= 15 is 0 Å². The lowest BCUT2D eigenvalue weighted by molar-refractivity contribution is 0.304. The molecule has 0 amide bonds. The first kappa shape index (κ1) is 13.4. The molecule has 0 radical (unpaired) electrons. The smallest absolute Gasteiger partial charge is 0.132 e. The largest absolute Gasteiger partial charge is 0.491 e. The maximum absolute atomic E-state index is 5.73. The number of ether oxygens (including phenoxy) is 1. The van der Waals surface area contributed by atoms with Gasteiger partial charge in [0, 0.05) is 11.4 Å². The predicted molar refractivity (Wildman–Crippen MR) is 71.4 cm³/mol. The van der Waals surface area contributed by atoms with Crippen molar-refractivity contribution in [2.75, 3.05) is 26.0 Å². The maximum atomic E-state index is 5.73. The van der Waals surface area contributed by atoms with Gasteiger partial charge in [-0.05, 0) is 30.9 Å². The Morgan fingerprint density at radius 3 is 2.75 bits per heavy atom. The summed E-state index contributed by atoms with van der Waals surface area (Å²) in [7, 11) is 0. The predicted octanol–water partition coefficient (Wildman–Crippen LogP) is 3.03. The van der Waals surface area contributed by atoms with Crippen molar-refractivity contribution in [1.29, 1.82) is 0 Å². The fraction of sp³-hybridized carbons (Fsp3) is 0.538. The fourth-order valence-electron chi connectivity index (χ4n) is 1.36. The number of hydrogen-bond donors (Lipinski definition) is 1. The van der Waals surface area contributed by atoms with Crippen LogP contribution in [0.2, 0.25) is 0 Å². The lowest BCUT2D eigenvalue weighted by Crippen LogP contribution is -2.25. The van der Waals surface area contributed by atoms with Crippen LogP contribution in [0.15, 0.2) is 29.2 Å². The molecule has 0 spiro atoms. The standard InChI is InChI=1S/C13H21NOS/c1-11(2)10-14-8-9-15-12-6-4-5-7-13(12)16-3/h4-7,11,14H,8-10H2,1-3H3. The quantitative estimate of drug-likeness (QED) is 0.584. The molecule has 0 bridgehead atoms. The summed E-state index contributed by atoms with van der Waals surface area (Å²) in [5.74, 6) is 1.68. The molecule has 0 aliphatic carbocycles. The van der Waals surface area contributed by atoms with Gasteiger partial charge in [-0.25, -0.2) is 0 Å². The van der Waals surface area contributed by atoms with Gasteiger partial charge >= 0.3 is 0 Å². The minimum atomic E-state index is 0.693. The monoisotopic (exact) mass is 239 g/mol. The van der Waals surface area contributed by atoms with E-state index in [0.717, 1.165) is 25.4 Å². The molecular weight excluding hydrogens is 218 g/mol. The van der Waals surface area contributed by atoms with E-state index in [2.05, 4.69) is 31.5 Å². The number of nitrogens with one attached hydrogen (secondary N) is 1. The fourth-order valence-corrected chi connectivity index (χ4v) is 1.90. The van der Waals surface area contributed by atoms with Gasteiger partial charge in [-0.15, -0.1) is 11.8 Å². The van der Waals surface area contributed by atoms with Crippen molar-refractivity contribution in [3.8, 4) is 5.75 Å². The minimum Gasteiger partial charge on any atom is -0.491 e. The Bertz CT molecular complexity index is 302. The highest BCUT2D eigenvalue weighted by atomic mass is 32.2. The van der Waals surface area contributed by atoms with Crippen molar-refractivity contribution in [2.24, 2.45) is 5.92 Å². The van der Waals surface area contributed by atoms with Gasteiger partial charge < -0.3 is 10.1 Å². The Hall–Kier alpha value is -0.670. The Balaban J connectivity index is 2.26. The molecule has 16 heavy (non-hydrogen) atoms. The van der Waals surface area contributed by atoms with Crippen LogP contribution < -0.4 is 10.1 Å². The van der Waals surface area contributed by atoms with Crippen LogP contribution in [0, 0.1) is 5.92 Å². The Morgan fingerprint density at radius 2 is 2.06 bits per heavy atom. The van der Waals surface area contributed by atoms with E-state index in [9.17, 15) is 0 Å². The highest BCUT2D eigenvalue weighted by molar-refractivity contribution is 7.98. The number of hydrogen-bond acceptors (Lipinski definition) is 3. The molecule has 1 rings (SSSR count). The van der Waals surface area contributed by atoms with Crippen LogP contribution in [0.5, 0.6) is 5.75 Å². The molecule has 1 aromatic rings. The molecule has 0 fully saturated rings. The summed E-state index contributed by atoms with van der Waals surface area (Å²) in [6.07, 6.45) is 2.07. The number of rotatable bonds is 7. The normalized spacial score (nSPS) is 10.8. The highest BCUT2D eigenvalue weighted by Crippen LogP contribution is 2.26. The lowest BCUT2D eigenvalue weighted by Gasteiger charge is -2.11. The van der Waals surface area contributed by atoms with Crippen LogP contribution in [0.25, 0.3) is 0 Å². The zero-order valence-electron chi connectivity index (χ0n) is 10.3. The topological polar surface area (TPSA) is 21.3 Å². The third-order valence-electron chi connectivity index (χ3n) is 2.16. The minimum absolute atomic E-state index is 0.693. The first-order valence-corrected chi connectivity index (χ1v) is 6.93. The number of para-hydroxylation sites is 1. The average molecular weight is 239 g/mol. The first-order valence-electron chi connectivity index (χ1n) is 5.70. The molecule has 0 aliphatic heterocycles. The van der Waals surface area contributed by atoms with E-state index in [-0.39, 0.29) is 0 Å². The molecule has 1 aromatic carbocycles. The third-order valence-corrected chi connectivity index (χ3v) is 2.94. The molecule has 0 aliphatic rings. The molecule has 0 unspecified atom stereocenters. The van der Waals surface area contributed by atoms with Gasteiger partial charge in [0.2, 0.25) is 0 Å². The van der Waals surface area contributed by atoms with Crippen molar-refractivity contribution in [2.45, 2.75) is 18.7 Å². The zero-order valence-corrected chi connectivity index (χ0v) is 11.1. The van der Waals surface area contributed by atoms with E-state index in [4.69, 9.17) is 4.74 Å². The summed E-state index contributed by atoms with van der Waals surface area (Å²) < 4.78 is 5.73. The average Bonchev–Trinajstić information content (AvgIpc) is 2.29. The van der Waals surface area contributed by atoms with Crippen LogP contribution >= 0.6 is 11.8 Å². The van der Waals surface area contributed by atoms with Crippen molar-refractivity contribution in [3.63, 3.8) is 0 Å². The van der Waals surface area contributed by atoms with E-state index in [1.54, 1.807) is 11.8 Å². The van der Waals surface area contributed by atoms with Crippen LogP contribution in [0.3, 0.4) is 0 Å². The van der Waals surface area contributed by atoms with Crippen LogP contribution in [-0.2, 0) is 0 Å². The Morgan fingerprint density at radius 1 is 1.31 bits per heavy atom. The van der Waals surface area contributed by atoms with Crippen LogP contribution in [0.4, 0.5) is 0 Å². The second kappa shape index (κ2) is 7.58. The first-order chi connectivity index (χ1) is 7.74. The summed E-state index contributed by atoms with van der Waals surface area (Å²) in [4.78, 5) is 1.20. The zero-order chi connectivity index (χ0) is 11.8. The molecular formula is C13H21NOS. The van der Waals surface area contributed by atoms with Crippen molar-refractivity contribution < 1.29 is 4.74 Å². The van der Waals surface area contributed by atoms with Crippen molar-refractivity contribution in [1.82, 2.24) is 5.32 Å². The van der Waals surface area contributed by atoms with E-state index in [0.29, 0.717) is 5.92 Å². The summed E-state index contributed by atoms with van der Waals surface area (Å²) in [6, 6.07) is 8.15. The molecule has 0 heterocycles. The Kier molecular flexibility index (Phi) is 6.34.